The van der Waals surface area contributed by atoms with Crippen molar-refractivity contribution in [2.24, 2.45) is 0 Å². The number of nitrogens with zero attached hydrogens (tertiary/aromatic N) is 2. The Labute approximate surface area is 131 Å². The molecule has 2 heterocycles. The summed E-state index contributed by atoms with van der Waals surface area (Å²) < 4.78 is 0. The lowest BCUT2D eigenvalue weighted by atomic mass is 10.2. The fraction of sp³-hybridized carbons (Fsp3) is 0.667. The summed E-state index contributed by atoms with van der Waals surface area (Å²) in [5.41, 5.74) is 1.14. The number of pyridine rings is 1. The zero-order chi connectivity index (χ0) is 14.5. The van der Waals surface area contributed by atoms with Crippen LogP contribution in [-0.4, -0.2) is 35.1 Å². The fourth-order valence-electron chi connectivity index (χ4n) is 2.26. The second kappa shape index (κ2) is 7.53. The number of nitrogens with one attached hydrogen (secondary N) is 1. The van der Waals surface area contributed by atoms with Crippen LogP contribution in [0.1, 0.15) is 32.8 Å². The highest BCUT2D eigenvalue weighted by molar-refractivity contribution is 8.00. The summed E-state index contributed by atoms with van der Waals surface area (Å²) >= 11 is 8.32. The molecule has 1 atom stereocenters. The molecule has 20 heavy (non-hydrogen) atoms. The van der Waals surface area contributed by atoms with Gasteiger partial charge in [0.2, 0.25) is 0 Å². The maximum absolute atomic E-state index is 6.25. The van der Waals surface area contributed by atoms with Crippen LogP contribution in [0.3, 0.4) is 0 Å². The molecule has 0 spiro atoms. The maximum Gasteiger partial charge on any atom is 0.128 e. The molecular weight excluding hydrogens is 290 g/mol. The third kappa shape index (κ3) is 4.27. The Morgan fingerprint density at radius 3 is 3.05 bits per heavy atom. The second-order valence-corrected chi connectivity index (χ2v) is 7.33. The third-order valence-electron chi connectivity index (χ3n) is 3.54. The van der Waals surface area contributed by atoms with Crippen LogP contribution < -0.4 is 10.2 Å². The summed E-state index contributed by atoms with van der Waals surface area (Å²) in [6.07, 6.45) is 3.01. The first-order chi connectivity index (χ1) is 9.60. The van der Waals surface area contributed by atoms with Crippen LogP contribution in [0, 0.1) is 0 Å². The van der Waals surface area contributed by atoms with Gasteiger partial charge in [-0.05, 0) is 18.1 Å². The number of anilines is 1. The molecule has 0 aliphatic carbocycles. The van der Waals surface area contributed by atoms with Crippen molar-refractivity contribution < 1.29 is 0 Å². The van der Waals surface area contributed by atoms with Crippen molar-refractivity contribution in [2.45, 2.75) is 45.0 Å². The summed E-state index contributed by atoms with van der Waals surface area (Å²) in [7, 11) is 0. The summed E-state index contributed by atoms with van der Waals surface area (Å²) in [6, 6.07) is 2.60. The minimum absolute atomic E-state index is 0.457. The van der Waals surface area contributed by atoms with E-state index in [2.05, 4.69) is 53.8 Å². The van der Waals surface area contributed by atoms with Gasteiger partial charge < -0.3 is 10.2 Å². The lowest BCUT2D eigenvalue weighted by Gasteiger charge is -2.33. The Kier molecular flexibility index (Phi) is 6.00. The van der Waals surface area contributed by atoms with Crippen LogP contribution in [0.4, 0.5) is 5.82 Å². The number of hydrogen-bond acceptors (Lipinski definition) is 4. The van der Waals surface area contributed by atoms with Gasteiger partial charge in [-0.25, -0.2) is 4.98 Å². The first kappa shape index (κ1) is 15.9. The van der Waals surface area contributed by atoms with E-state index in [9.17, 15) is 0 Å². The topological polar surface area (TPSA) is 28.2 Å². The minimum atomic E-state index is 0.457. The van der Waals surface area contributed by atoms with Gasteiger partial charge in [0.05, 0.1) is 5.02 Å². The van der Waals surface area contributed by atoms with E-state index in [4.69, 9.17) is 11.6 Å². The van der Waals surface area contributed by atoms with Gasteiger partial charge in [-0.3, -0.25) is 0 Å². The zero-order valence-electron chi connectivity index (χ0n) is 12.5. The molecule has 0 aromatic carbocycles. The molecule has 2 rings (SSSR count). The van der Waals surface area contributed by atoms with Crippen molar-refractivity contribution in [1.82, 2.24) is 10.3 Å². The van der Waals surface area contributed by atoms with Gasteiger partial charge >= 0.3 is 0 Å². The number of aromatic nitrogens is 1. The van der Waals surface area contributed by atoms with Gasteiger partial charge in [-0.1, -0.05) is 32.4 Å². The SMILES string of the molecule is CCC1CN(c2cc(CNC(C)C)c(Cl)cn2)CCS1. The molecule has 1 N–H and O–H groups in total. The lowest BCUT2D eigenvalue weighted by Crippen LogP contribution is -2.38. The molecule has 5 heteroatoms. The van der Waals surface area contributed by atoms with Gasteiger partial charge in [0.25, 0.3) is 0 Å². The second-order valence-electron chi connectivity index (χ2n) is 5.52. The molecule has 1 aliphatic heterocycles. The first-order valence-corrected chi connectivity index (χ1v) is 8.77. The van der Waals surface area contributed by atoms with E-state index in [-0.39, 0.29) is 0 Å². The summed E-state index contributed by atoms with van der Waals surface area (Å²) in [5, 5.41) is 4.89. The average Bonchev–Trinajstić information content (AvgIpc) is 2.46. The van der Waals surface area contributed by atoms with Crippen LogP contribution in [0.15, 0.2) is 12.3 Å². The molecule has 1 saturated heterocycles. The van der Waals surface area contributed by atoms with Gasteiger partial charge in [-0.2, -0.15) is 11.8 Å². The number of rotatable bonds is 5. The fourth-order valence-corrected chi connectivity index (χ4v) is 3.62. The quantitative estimate of drug-likeness (QED) is 0.899. The molecule has 0 amide bonds. The highest BCUT2D eigenvalue weighted by Gasteiger charge is 2.20. The van der Waals surface area contributed by atoms with E-state index in [0.29, 0.717) is 6.04 Å². The highest BCUT2D eigenvalue weighted by Crippen LogP contribution is 2.26. The van der Waals surface area contributed by atoms with Crippen molar-refractivity contribution in [3.05, 3.63) is 22.8 Å². The summed E-state index contributed by atoms with van der Waals surface area (Å²) in [6.45, 7) is 9.51. The van der Waals surface area contributed by atoms with Crippen molar-refractivity contribution in [3.63, 3.8) is 0 Å². The molecule has 3 nitrogen and oxygen atoms in total. The lowest BCUT2D eigenvalue weighted by molar-refractivity contribution is 0.588. The largest absolute Gasteiger partial charge is 0.355 e. The number of thioether (sulfide) groups is 1. The van der Waals surface area contributed by atoms with Crippen LogP contribution in [-0.2, 0) is 6.54 Å². The average molecular weight is 314 g/mol. The van der Waals surface area contributed by atoms with Crippen molar-refractivity contribution >= 4 is 29.2 Å². The van der Waals surface area contributed by atoms with E-state index in [1.807, 2.05) is 0 Å². The van der Waals surface area contributed by atoms with Gasteiger partial charge in [0.15, 0.2) is 0 Å². The van der Waals surface area contributed by atoms with E-state index >= 15 is 0 Å². The molecule has 112 valence electrons. The molecular formula is C15H24ClN3S. The number of hydrogen-bond donors (Lipinski definition) is 1. The normalized spacial score (nSPS) is 19.6. The molecule has 0 bridgehead atoms. The molecule has 1 unspecified atom stereocenters. The Balaban J connectivity index is 2.09. The van der Waals surface area contributed by atoms with Crippen LogP contribution in [0.25, 0.3) is 0 Å². The molecule has 0 radical (unpaired) electrons. The van der Waals surface area contributed by atoms with Crippen molar-refractivity contribution in [1.29, 1.82) is 0 Å². The minimum Gasteiger partial charge on any atom is -0.355 e. The molecule has 1 fully saturated rings. The van der Waals surface area contributed by atoms with Gasteiger partial charge in [0, 0.05) is 42.9 Å². The highest BCUT2D eigenvalue weighted by atomic mass is 35.5. The standard InChI is InChI=1S/C15H24ClN3S/c1-4-13-10-19(5-6-20-13)15-7-12(8-17-11(2)3)14(16)9-18-15/h7,9,11,13,17H,4-6,8,10H2,1-3H3. The maximum atomic E-state index is 6.25. The van der Waals surface area contributed by atoms with E-state index in [1.165, 1.54) is 12.2 Å². The zero-order valence-corrected chi connectivity index (χ0v) is 14.1. The molecule has 0 saturated carbocycles. The van der Waals surface area contributed by atoms with Crippen LogP contribution in [0.5, 0.6) is 0 Å². The van der Waals surface area contributed by atoms with E-state index in [1.54, 1.807) is 6.20 Å². The molecule has 1 aromatic rings. The van der Waals surface area contributed by atoms with Crippen LogP contribution >= 0.6 is 23.4 Å². The van der Waals surface area contributed by atoms with Crippen molar-refractivity contribution in [3.8, 4) is 0 Å². The Morgan fingerprint density at radius 1 is 1.55 bits per heavy atom. The predicted molar refractivity (Wildman–Crippen MR) is 90.0 cm³/mol. The van der Waals surface area contributed by atoms with E-state index < -0.39 is 0 Å². The predicted octanol–water partition coefficient (Wildman–Crippen LogP) is 3.56. The van der Waals surface area contributed by atoms with Gasteiger partial charge in [-0.15, -0.1) is 0 Å². The monoisotopic (exact) mass is 313 g/mol. The van der Waals surface area contributed by atoms with Gasteiger partial charge in [0.1, 0.15) is 5.82 Å². The Bertz CT molecular complexity index is 439. The van der Waals surface area contributed by atoms with Crippen molar-refractivity contribution in [2.75, 3.05) is 23.7 Å². The Hall–Kier alpha value is -0.450. The van der Waals surface area contributed by atoms with Crippen LogP contribution in [0.2, 0.25) is 5.02 Å². The summed E-state index contributed by atoms with van der Waals surface area (Å²) in [5.74, 6) is 2.25. The smallest absolute Gasteiger partial charge is 0.128 e. The molecule has 1 aliphatic rings. The first-order valence-electron chi connectivity index (χ1n) is 7.34. The third-order valence-corrected chi connectivity index (χ3v) is 5.25. The molecule has 1 aromatic heterocycles. The van der Waals surface area contributed by atoms with E-state index in [0.717, 1.165) is 41.3 Å². The number of halogens is 1. The summed E-state index contributed by atoms with van der Waals surface area (Å²) in [4.78, 5) is 6.90. The Morgan fingerprint density at radius 2 is 2.35 bits per heavy atom.